The molecule has 0 amide bonds. The second kappa shape index (κ2) is 7.61. The zero-order chi connectivity index (χ0) is 20.6. The predicted octanol–water partition coefficient (Wildman–Crippen LogP) is 2.44. The maximum absolute atomic E-state index is 12.1. The highest BCUT2D eigenvalue weighted by atomic mass is 35.5. The van der Waals surface area contributed by atoms with E-state index in [0.717, 1.165) is 0 Å². The lowest BCUT2D eigenvalue weighted by atomic mass is 10.1. The molecule has 0 aliphatic heterocycles. The second-order valence-corrected chi connectivity index (χ2v) is 7.08. The Balaban J connectivity index is 2.04. The van der Waals surface area contributed by atoms with Crippen LogP contribution in [0, 0.1) is 0 Å². The zero-order valence-corrected chi connectivity index (χ0v) is 16.6. The Morgan fingerprint density at radius 1 is 1.14 bits per heavy atom. The highest BCUT2D eigenvalue weighted by Gasteiger charge is 2.17. The summed E-state index contributed by atoms with van der Waals surface area (Å²) in [4.78, 5) is 41.5. The highest BCUT2D eigenvalue weighted by Crippen LogP contribution is 2.38. The topological polar surface area (TPSA) is 123 Å². The van der Waals surface area contributed by atoms with Crippen LogP contribution in [0.4, 0.5) is 0 Å². The smallest absolute Gasteiger partial charge is 0.342 e. The molecule has 11 heteroatoms. The number of aryl methyl sites for hydroxylation is 1. The van der Waals surface area contributed by atoms with Gasteiger partial charge in [-0.1, -0.05) is 37.0 Å². The van der Waals surface area contributed by atoms with Crippen molar-refractivity contribution in [2.24, 2.45) is 7.05 Å². The lowest BCUT2D eigenvalue weighted by molar-refractivity contribution is 0.450. The third kappa shape index (κ3) is 3.85. The fourth-order valence-corrected chi connectivity index (χ4v) is 3.03. The molecule has 28 heavy (non-hydrogen) atoms. The number of benzene rings is 1. The summed E-state index contributed by atoms with van der Waals surface area (Å²) in [5.74, 6) is 0.143. The van der Waals surface area contributed by atoms with Crippen LogP contribution in [0.15, 0.2) is 32.7 Å². The number of aromatic amines is 2. The van der Waals surface area contributed by atoms with Crippen molar-refractivity contribution in [1.29, 1.82) is 0 Å². The number of nitrogens with zero attached hydrogens (tertiary/aromatic N) is 3. The van der Waals surface area contributed by atoms with Crippen LogP contribution in [0.25, 0.3) is 11.3 Å². The molecule has 1 aromatic carbocycles. The van der Waals surface area contributed by atoms with E-state index >= 15 is 0 Å². The first-order valence-corrected chi connectivity index (χ1v) is 8.86. The molecule has 0 saturated heterocycles. The molecule has 3 aromatic rings. The average molecular weight is 424 g/mol. The largest absolute Gasteiger partial charge is 0.434 e. The zero-order valence-electron chi connectivity index (χ0n) is 15.0. The van der Waals surface area contributed by atoms with Crippen molar-refractivity contribution in [3.8, 4) is 22.9 Å². The number of halogens is 2. The minimum Gasteiger partial charge on any atom is -0.434 e. The van der Waals surface area contributed by atoms with Gasteiger partial charge in [0.1, 0.15) is 5.69 Å². The number of H-pyrrole nitrogens is 2. The van der Waals surface area contributed by atoms with Crippen LogP contribution in [-0.2, 0) is 7.05 Å². The van der Waals surface area contributed by atoms with E-state index in [9.17, 15) is 14.4 Å². The molecular formula is C17H15Cl2N5O4. The van der Waals surface area contributed by atoms with Crippen molar-refractivity contribution in [2.45, 2.75) is 19.8 Å². The summed E-state index contributed by atoms with van der Waals surface area (Å²) in [5, 5.41) is 6.03. The molecule has 0 bridgehead atoms. The van der Waals surface area contributed by atoms with Gasteiger partial charge in [0.05, 0.1) is 16.2 Å². The van der Waals surface area contributed by atoms with E-state index in [1.807, 2.05) is 13.8 Å². The van der Waals surface area contributed by atoms with E-state index in [1.165, 1.54) is 22.9 Å². The van der Waals surface area contributed by atoms with Gasteiger partial charge >= 0.3 is 5.69 Å². The van der Waals surface area contributed by atoms with Crippen LogP contribution in [-0.4, -0.2) is 24.7 Å². The summed E-state index contributed by atoms with van der Waals surface area (Å²) >= 11 is 12.5. The summed E-state index contributed by atoms with van der Waals surface area (Å²) in [6.45, 7) is 3.69. The van der Waals surface area contributed by atoms with E-state index < -0.39 is 11.2 Å². The second-order valence-electron chi connectivity index (χ2n) is 6.26. The molecule has 0 aliphatic carbocycles. The van der Waals surface area contributed by atoms with Gasteiger partial charge in [-0.2, -0.15) is 5.10 Å². The maximum Gasteiger partial charge on any atom is 0.342 e. The van der Waals surface area contributed by atoms with Crippen molar-refractivity contribution >= 4 is 23.2 Å². The van der Waals surface area contributed by atoms with Crippen LogP contribution >= 0.6 is 23.2 Å². The normalized spacial score (nSPS) is 11.1. The standard InChI is InChI=1S/C17H15Cl2N5O4/c1-7(2)12-16(26)24(3)6-11(20-12)28-14-9(18)4-8(5-10(14)19)13-15(25)21-17(27)23-22-13/h4-7H,1-3H3,(H2,21,23,25,27). The first-order valence-electron chi connectivity index (χ1n) is 8.11. The molecule has 0 radical (unpaired) electrons. The quantitative estimate of drug-likeness (QED) is 0.663. The van der Waals surface area contributed by atoms with Crippen molar-refractivity contribution in [1.82, 2.24) is 24.7 Å². The van der Waals surface area contributed by atoms with E-state index in [4.69, 9.17) is 27.9 Å². The monoisotopic (exact) mass is 423 g/mol. The van der Waals surface area contributed by atoms with Gasteiger partial charge in [0.2, 0.25) is 5.88 Å². The number of ether oxygens (including phenoxy) is 1. The third-order valence-electron chi connectivity index (χ3n) is 3.81. The number of hydrogen-bond donors (Lipinski definition) is 2. The van der Waals surface area contributed by atoms with Crippen LogP contribution in [0.1, 0.15) is 25.5 Å². The molecule has 2 aromatic heterocycles. The molecule has 0 spiro atoms. The Hall–Kier alpha value is -2.91. The van der Waals surface area contributed by atoms with Gasteiger partial charge in [-0.05, 0) is 12.1 Å². The molecule has 9 nitrogen and oxygen atoms in total. The molecule has 0 aliphatic rings. The molecule has 0 unspecified atom stereocenters. The molecular weight excluding hydrogens is 409 g/mol. The summed E-state index contributed by atoms with van der Waals surface area (Å²) < 4.78 is 7.07. The number of rotatable bonds is 4. The predicted molar refractivity (Wildman–Crippen MR) is 105 cm³/mol. The molecule has 0 fully saturated rings. The van der Waals surface area contributed by atoms with Crippen molar-refractivity contribution in [2.75, 3.05) is 0 Å². The maximum atomic E-state index is 12.1. The Bertz CT molecular complexity index is 1210. The molecule has 0 saturated carbocycles. The lowest BCUT2D eigenvalue weighted by Gasteiger charge is -2.13. The Kier molecular flexibility index (Phi) is 5.39. The fourth-order valence-electron chi connectivity index (χ4n) is 2.47. The van der Waals surface area contributed by atoms with Crippen LogP contribution in [0.3, 0.4) is 0 Å². The third-order valence-corrected chi connectivity index (χ3v) is 4.37. The Morgan fingerprint density at radius 2 is 1.79 bits per heavy atom. The Labute approximate surface area is 167 Å². The van der Waals surface area contributed by atoms with E-state index in [0.29, 0.717) is 5.69 Å². The van der Waals surface area contributed by atoms with Gasteiger partial charge < -0.3 is 9.30 Å². The number of nitrogens with one attached hydrogen (secondary N) is 2. The van der Waals surface area contributed by atoms with Crippen molar-refractivity contribution < 1.29 is 4.74 Å². The summed E-state index contributed by atoms with van der Waals surface area (Å²) in [5.41, 5.74) is -1.07. The minimum absolute atomic E-state index is 0.0581. The summed E-state index contributed by atoms with van der Waals surface area (Å²) in [6.07, 6.45) is 1.42. The van der Waals surface area contributed by atoms with Gasteiger partial charge in [0, 0.05) is 18.5 Å². The fraction of sp³-hybridized carbons (Fsp3) is 0.235. The van der Waals surface area contributed by atoms with Gasteiger partial charge in [-0.3, -0.25) is 14.6 Å². The van der Waals surface area contributed by atoms with Crippen LogP contribution < -0.4 is 21.5 Å². The lowest BCUT2D eigenvalue weighted by Crippen LogP contribution is -2.25. The molecule has 0 atom stereocenters. The van der Waals surface area contributed by atoms with Crippen molar-refractivity contribution in [3.63, 3.8) is 0 Å². The van der Waals surface area contributed by atoms with Crippen LogP contribution in [0.2, 0.25) is 10.0 Å². The summed E-state index contributed by atoms with van der Waals surface area (Å²) in [6, 6.07) is 2.84. The highest BCUT2D eigenvalue weighted by molar-refractivity contribution is 6.37. The van der Waals surface area contributed by atoms with Crippen molar-refractivity contribution in [3.05, 3.63) is 65.3 Å². The van der Waals surface area contributed by atoms with Gasteiger partial charge in [0.25, 0.3) is 11.1 Å². The average Bonchev–Trinajstić information content (AvgIpc) is 2.60. The molecule has 2 heterocycles. The van der Waals surface area contributed by atoms with Gasteiger partial charge in [-0.15, -0.1) is 0 Å². The molecule has 2 N–H and O–H groups in total. The molecule has 146 valence electrons. The van der Waals surface area contributed by atoms with Gasteiger partial charge in [-0.25, -0.2) is 14.9 Å². The van der Waals surface area contributed by atoms with E-state index in [1.54, 1.807) is 7.05 Å². The number of aromatic nitrogens is 5. The van der Waals surface area contributed by atoms with E-state index in [-0.39, 0.29) is 44.4 Å². The SMILES string of the molecule is CC(C)c1nc(Oc2c(Cl)cc(-c3n[nH]c(=O)[nH]c3=O)cc2Cl)cn(C)c1=O. The van der Waals surface area contributed by atoms with E-state index in [2.05, 4.69) is 20.2 Å². The van der Waals surface area contributed by atoms with Crippen LogP contribution in [0.5, 0.6) is 11.6 Å². The van der Waals surface area contributed by atoms with Gasteiger partial charge in [0.15, 0.2) is 11.4 Å². The Morgan fingerprint density at radius 3 is 2.36 bits per heavy atom. The summed E-state index contributed by atoms with van der Waals surface area (Å²) in [7, 11) is 1.59. The molecule has 3 rings (SSSR count). The minimum atomic E-state index is -0.729. The number of hydrogen-bond acceptors (Lipinski definition) is 6. The first kappa shape index (κ1) is 19.8. The first-order chi connectivity index (χ1) is 13.2.